The molecule has 3 heterocycles. The molecule has 0 unspecified atom stereocenters. The molecule has 0 spiro atoms. The number of rotatable bonds is 6. The van der Waals surface area contributed by atoms with Gasteiger partial charge in [-0.25, -0.2) is 15.0 Å². The van der Waals surface area contributed by atoms with Gasteiger partial charge in [0.05, 0.1) is 18.0 Å². The third-order valence-electron chi connectivity index (χ3n) is 3.83. The van der Waals surface area contributed by atoms with E-state index in [0.29, 0.717) is 11.8 Å². The lowest BCUT2D eigenvalue weighted by Crippen LogP contribution is -2.08. The summed E-state index contributed by atoms with van der Waals surface area (Å²) in [5.74, 6) is 0.986. The molecule has 1 aromatic carbocycles. The number of hydrogen-bond acceptors (Lipinski definition) is 7. The van der Waals surface area contributed by atoms with Crippen molar-refractivity contribution in [3.63, 3.8) is 0 Å². The first-order valence-electron chi connectivity index (χ1n) is 8.90. The highest BCUT2D eigenvalue weighted by atomic mass is 32.1. The van der Waals surface area contributed by atoms with Gasteiger partial charge in [0.15, 0.2) is 0 Å². The highest BCUT2D eigenvalue weighted by molar-refractivity contribution is 7.13. The zero-order valence-corrected chi connectivity index (χ0v) is 16.6. The zero-order chi connectivity index (χ0) is 19.5. The Kier molecular flexibility index (Phi) is 5.03. The molecule has 7 nitrogen and oxygen atoms in total. The molecule has 0 radical (unpaired) electrons. The maximum Gasteiger partial charge on any atom is 0.257 e. The summed E-state index contributed by atoms with van der Waals surface area (Å²) in [6, 6.07) is 12.0. The largest absolute Gasteiger partial charge is 0.472 e. The summed E-state index contributed by atoms with van der Waals surface area (Å²) < 4.78 is 7.44. The lowest BCUT2D eigenvalue weighted by Gasteiger charge is -2.09. The van der Waals surface area contributed by atoms with Crippen molar-refractivity contribution in [1.29, 1.82) is 0 Å². The van der Waals surface area contributed by atoms with E-state index in [9.17, 15) is 0 Å². The Bertz CT molecular complexity index is 1070. The van der Waals surface area contributed by atoms with Crippen molar-refractivity contribution in [2.45, 2.75) is 20.0 Å². The molecule has 0 bridgehead atoms. The van der Waals surface area contributed by atoms with E-state index in [2.05, 4.69) is 20.4 Å². The Labute approximate surface area is 167 Å². The van der Waals surface area contributed by atoms with E-state index < -0.39 is 0 Å². The summed E-state index contributed by atoms with van der Waals surface area (Å²) >= 11 is 1.59. The van der Waals surface area contributed by atoms with E-state index in [0.717, 1.165) is 27.6 Å². The molecule has 1 N–H and O–H groups in total. The van der Waals surface area contributed by atoms with E-state index >= 15 is 0 Å². The summed E-state index contributed by atoms with van der Waals surface area (Å²) in [5, 5.41) is 10.5. The third kappa shape index (κ3) is 4.01. The molecule has 0 aliphatic carbocycles. The summed E-state index contributed by atoms with van der Waals surface area (Å²) in [6.07, 6.45) is 3.57. The molecule has 142 valence electrons. The van der Waals surface area contributed by atoms with Gasteiger partial charge < -0.3 is 10.1 Å². The molecule has 4 aromatic rings. The van der Waals surface area contributed by atoms with Gasteiger partial charge in [0.2, 0.25) is 5.95 Å². The van der Waals surface area contributed by atoms with E-state index in [-0.39, 0.29) is 6.10 Å². The Morgan fingerprint density at radius 2 is 1.89 bits per heavy atom. The number of ether oxygens (including phenoxy) is 1. The number of aromatic nitrogens is 5. The molecule has 28 heavy (non-hydrogen) atoms. The van der Waals surface area contributed by atoms with E-state index in [1.807, 2.05) is 68.9 Å². The number of benzene rings is 1. The second-order valence-corrected chi connectivity index (χ2v) is 7.34. The fourth-order valence-electron chi connectivity index (χ4n) is 2.65. The van der Waals surface area contributed by atoms with Crippen LogP contribution >= 0.6 is 11.3 Å². The van der Waals surface area contributed by atoms with Crippen molar-refractivity contribution in [3.8, 4) is 27.8 Å². The fraction of sp³-hybridized carbons (Fsp3) is 0.200. The van der Waals surface area contributed by atoms with Crippen LogP contribution in [0.2, 0.25) is 0 Å². The maximum absolute atomic E-state index is 5.74. The second-order valence-electron chi connectivity index (χ2n) is 6.48. The first-order valence-corrected chi connectivity index (χ1v) is 9.78. The lowest BCUT2D eigenvalue weighted by atomic mass is 10.2. The Morgan fingerprint density at radius 3 is 2.68 bits per heavy atom. The second kappa shape index (κ2) is 7.77. The van der Waals surface area contributed by atoms with Gasteiger partial charge in [0.1, 0.15) is 16.4 Å². The standard InChI is InChI=1S/C20H20N6OS/c1-13(2)27-18-16(11-26(3)25-18)24-20-21-10-9-15(23-20)17-12-28-19(22-17)14-7-5-4-6-8-14/h4-13H,1-3H3,(H,21,23,24). The molecule has 0 saturated heterocycles. The molecular formula is C20H20N6OS. The van der Waals surface area contributed by atoms with E-state index in [4.69, 9.17) is 9.72 Å². The SMILES string of the molecule is CC(C)Oc1nn(C)cc1Nc1nccc(-c2csc(-c3ccccc3)n2)n1. The summed E-state index contributed by atoms with van der Waals surface area (Å²) in [4.78, 5) is 13.6. The number of anilines is 2. The van der Waals surface area contributed by atoms with Crippen LogP contribution in [-0.2, 0) is 7.05 Å². The van der Waals surface area contributed by atoms with Crippen LogP contribution in [-0.4, -0.2) is 30.8 Å². The average Bonchev–Trinajstić information content (AvgIpc) is 3.30. The summed E-state index contributed by atoms with van der Waals surface area (Å²) in [7, 11) is 1.84. The highest BCUT2D eigenvalue weighted by Crippen LogP contribution is 2.29. The molecule has 0 amide bonds. The van der Waals surface area contributed by atoms with Crippen LogP contribution in [0.1, 0.15) is 13.8 Å². The Hall–Kier alpha value is -3.26. The monoisotopic (exact) mass is 392 g/mol. The minimum atomic E-state index is 0.0223. The van der Waals surface area contributed by atoms with Gasteiger partial charge in [0, 0.05) is 24.2 Å². The van der Waals surface area contributed by atoms with Gasteiger partial charge in [-0.1, -0.05) is 30.3 Å². The minimum Gasteiger partial charge on any atom is -0.472 e. The van der Waals surface area contributed by atoms with E-state index in [1.54, 1.807) is 22.2 Å². The van der Waals surface area contributed by atoms with Crippen LogP contribution in [0.15, 0.2) is 54.2 Å². The molecule has 0 saturated carbocycles. The van der Waals surface area contributed by atoms with Gasteiger partial charge in [-0.15, -0.1) is 16.4 Å². The molecule has 0 aliphatic rings. The van der Waals surface area contributed by atoms with Gasteiger partial charge in [-0.2, -0.15) is 0 Å². The van der Waals surface area contributed by atoms with Gasteiger partial charge >= 0.3 is 0 Å². The summed E-state index contributed by atoms with van der Waals surface area (Å²) in [6.45, 7) is 3.92. The van der Waals surface area contributed by atoms with Crippen molar-refractivity contribution < 1.29 is 4.74 Å². The number of thiazole rings is 1. The van der Waals surface area contributed by atoms with Crippen LogP contribution < -0.4 is 10.1 Å². The third-order valence-corrected chi connectivity index (χ3v) is 4.72. The van der Waals surface area contributed by atoms with Crippen LogP contribution in [0.3, 0.4) is 0 Å². The van der Waals surface area contributed by atoms with Crippen LogP contribution in [0.4, 0.5) is 11.6 Å². The number of aryl methyl sites for hydroxylation is 1. The minimum absolute atomic E-state index is 0.0223. The van der Waals surface area contributed by atoms with Crippen molar-refractivity contribution in [1.82, 2.24) is 24.7 Å². The fourth-order valence-corrected chi connectivity index (χ4v) is 3.47. The highest BCUT2D eigenvalue weighted by Gasteiger charge is 2.13. The van der Waals surface area contributed by atoms with Crippen molar-refractivity contribution in [2.75, 3.05) is 5.32 Å². The average molecular weight is 392 g/mol. The molecule has 8 heteroatoms. The van der Waals surface area contributed by atoms with Crippen molar-refractivity contribution in [2.24, 2.45) is 7.05 Å². The van der Waals surface area contributed by atoms with E-state index in [1.165, 1.54) is 0 Å². The van der Waals surface area contributed by atoms with Crippen LogP contribution in [0.5, 0.6) is 5.88 Å². The number of nitrogens with zero attached hydrogens (tertiary/aromatic N) is 5. The predicted molar refractivity (Wildman–Crippen MR) is 111 cm³/mol. The first kappa shape index (κ1) is 18.1. The van der Waals surface area contributed by atoms with Gasteiger partial charge in [-0.3, -0.25) is 4.68 Å². The summed E-state index contributed by atoms with van der Waals surface area (Å²) in [5.41, 5.74) is 3.39. The van der Waals surface area contributed by atoms with Crippen molar-refractivity contribution >= 4 is 23.0 Å². The zero-order valence-electron chi connectivity index (χ0n) is 15.8. The Morgan fingerprint density at radius 1 is 1.07 bits per heavy atom. The smallest absolute Gasteiger partial charge is 0.257 e. The Balaban J connectivity index is 1.58. The first-order chi connectivity index (χ1) is 13.6. The van der Waals surface area contributed by atoms with Crippen molar-refractivity contribution in [3.05, 3.63) is 54.2 Å². The number of nitrogens with one attached hydrogen (secondary N) is 1. The molecule has 0 aliphatic heterocycles. The molecule has 0 fully saturated rings. The lowest BCUT2D eigenvalue weighted by molar-refractivity contribution is 0.232. The predicted octanol–water partition coefficient (Wildman–Crippen LogP) is 4.53. The van der Waals surface area contributed by atoms with Crippen LogP contribution in [0.25, 0.3) is 22.0 Å². The number of hydrogen-bond donors (Lipinski definition) is 1. The molecule has 0 atom stereocenters. The molecule has 3 aromatic heterocycles. The van der Waals surface area contributed by atoms with Gasteiger partial charge in [-0.05, 0) is 19.9 Å². The molecule has 4 rings (SSSR count). The normalized spacial score (nSPS) is 11.0. The topological polar surface area (TPSA) is 77.8 Å². The molecular weight excluding hydrogens is 372 g/mol. The van der Waals surface area contributed by atoms with Crippen LogP contribution in [0, 0.1) is 0 Å². The maximum atomic E-state index is 5.74. The van der Waals surface area contributed by atoms with Gasteiger partial charge in [0.25, 0.3) is 5.88 Å². The quantitative estimate of drug-likeness (QED) is 0.519.